The number of anilines is 1. The van der Waals surface area contributed by atoms with Gasteiger partial charge in [0.15, 0.2) is 5.13 Å². The summed E-state index contributed by atoms with van der Waals surface area (Å²) < 4.78 is 10.6. The lowest BCUT2D eigenvalue weighted by molar-refractivity contribution is -0.142. The second kappa shape index (κ2) is 10.9. The van der Waals surface area contributed by atoms with Gasteiger partial charge >= 0.3 is 5.97 Å². The van der Waals surface area contributed by atoms with E-state index in [1.165, 1.54) is 17.4 Å². The third kappa shape index (κ3) is 6.86. The molecule has 0 fully saturated rings. The summed E-state index contributed by atoms with van der Waals surface area (Å²) in [5.41, 5.74) is 2.55. The van der Waals surface area contributed by atoms with Crippen LogP contribution >= 0.6 is 11.3 Å². The highest BCUT2D eigenvalue weighted by atomic mass is 32.1. The first kappa shape index (κ1) is 21.3. The van der Waals surface area contributed by atoms with Crippen molar-refractivity contribution in [1.29, 1.82) is 0 Å². The molecule has 0 atom stereocenters. The predicted octanol–water partition coefficient (Wildman–Crippen LogP) is 4.48. The number of thiazole rings is 1. The molecule has 154 valence electrons. The number of hydrogen-bond donors (Lipinski definition) is 1. The van der Waals surface area contributed by atoms with Crippen LogP contribution in [0.15, 0.2) is 66.1 Å². The van der Waals surface area contributed by atoms with Crippen LogP contribution in [0.2, 0.25) is 0 Å². The lowest BCUT2D eigenvalue weighted by Gasteiger charge is -2.06. The SMILES string of the molecule is CCOC(=O)Cc1csc(NC(=O)/C=C/c2ccc(OCc3ccccc3)cc2)n1. The van der Waals surface area contributed by atoms with Crippen molar-refractivity contribution < 1.29 is 19.1 Å². The first-order valence-electron chi connectivity index (χ1n) is 9.48. The number of esters is 1. The second-order valence-electron chi connectivity index (χ2n) is 6.29. The number of aromatic nitrogens is 1. The Morgan fingerprint density at radius 1 is 1.10 bits per heavy atom. The van der Waals surface area contributed by atoms with E-state index in [9.17, 15) is 9.59 Å². The fraction of sp³-hybridized carbons (Fsp3) is 0.174. The van der Waals surface area contributed by atoms with Gasteiger partial charge in [-0.25, -0.2) is 4.98 Å². The molecule has 1 aromatic heterocycles. The molecule has 0 saturated carbocycles. The maximum Gasteiger partial charge on any atom is 0.311 e. The average Bonchev–Trinajstić information content (AvgIpc) is 3.19. The van der Waals surface area contributed by atoms with Gasteiger partial charge in [-0.1, -0.05) is 42.5 Å². The minimum absolute atomic E-state index is 0.0920. The maximum absolute atomic E-state index is 12.1. The summed E-state index contributed by atoms with van der Waals surface area (Å²) in [7, 11) is 0. The molecule has 0 unspecified atom stereocenters. The molecule has 3 rings (SSSR count). The number of ether oxygens (including phenoxy) is 2. The van der Waals surface area contributed by atoms with E-state index in [1.54, 1.807) is 18.4 Å². The molecule has 0 saturated heterocycles. The van der Waals surface area contributed by atoms with Crippen molar-refractivity contribution in [2.24, 2.45) is 0 Å². The summed E-state index contributed by atoms with van der Waals surface area (Å²) in [6, 6.07) is 17.4. The number of rotatable bonds is 9. The Morgan fingerprint density at radius 3 is 2.60 bits per heavy atom. The maximum atomic E-state index is 12.1. The van der Waals surface area contributed by atoms with Gasteiger partial charge in [0.05, 0.1) is 18.7 Å². The fourth-order valence-electron chi connectivity index (χ4n) is 2.54. The van der Waals surface area contributed by atoms with E-state index >= 15 is 0 Å². The summed E-state index contributed by atoms with van der Waals surface area (Å²) in [6.07, 6.45) is 3.24. The van der Waals surface area contributed by atoms with Crippen molar-refractivity contribution in [3.05, 3.63) is 82.9 Å². The smallest absolute Gasteiger partial charge is 0.311 e. The Morgan fingerprint density at radius 2 is 1.87 bits per heavy atom. The predicted molar refractivity (Wildman–Crippen MR) is 117 cm³/mol. The Hall–Kier alpha value is -3.45. The third-order valence-electron chi connectivity index (χ3n) is 3.97. The monoisotopic (exact) mass is 422 g/mol. The summed E-state index contributed by atoms with van der Waals surface area (Å²) in [5.74, 6) is 0.130. The largest absolute Gasteiger partial charge is 0.489 e. The zero-order valence-electron chi connectivity index (χ0n) is 16.5. The molecule has 0 aliphatic carbocycles. The molecule has 6 nitrogen and oxygen atoms in total. The van der Waals surface area contributed by atoms with Gasteiger partial charge in [0.25, 0.3) is 0 Å². The van der Waals surface area contributed by atoms with Crippen LogP contribution in [0, 0.1) is 0 Å². The molecule has 0 spiro atoms. The van der Waals surface area contributed by atoms with E-state index < -0.39 is 0 Å². The third-order valence-corrected chi connectivity index (χ3v) is 4.77. The van der Waals surface area contributed by atoms with Crippen molar-refractivity contribution in [2.75, 3.05) is 11.9 Å². The van der Waals surface area contributed by atoms with E-state index in [-0.39, 0.29) is 18.3 Å². The van der Waals surface area contributed by atoms with Gasteiger partial charge < -0.3 is 9.47 Å². The van der Waals surface area contributed by atoms with Gasteiger partial charge in [-0.2, -0.15) is 0 Å². The molecular formula is C23H22N2O4S. The molecule has 2 aromatic carbocycles. The van der Waals surface area contributed by atoms with Crippen LogP contribution in [0.25, 0.3) is 6.08 Å². The average molecular weight is 423 g/mol. The zero-order valence-corrected chi connectivity index (χ0v) is 17.4. The van der Waals surface area contributed by atoms with E-state index in [2.05, 4.69) is 10.3 Å². The van der Waals surface area contributed by atoms with Gasteiger partial charge in [-0.3, -0.25) is 14.9 Å². The Labute approximate surface area is 179 Å². The quantitative estimate of drug-likeness (QED) is 0.406. The second-order valence-corrected chi connectivity index (χ2v) is 7.15. The van der Waals surface area contributed by atoms with E-state index in [1.807, 2.05) is 54.6 Å². The lowest BCUT2D eigenvalue weighted by atomic mass is 10.2. The van der Waals surface area contributed by atoms with Crippen molar-refractivity contribution >= 4 is 34.4 Å². The van der Waals surface area contributed by atoms with Crippen LogP contribution in [0.3, 0.4) is 0 Å². The normalized spacial score (nSPS) is 10.7. The van der Waals surface area contributed by atoms with Crippen LogP contribution in [0.1, 0.15) is 23.7 Å². The molecule has 30 heavy (non-hydrogen) atoms. The van der Waals surface area contributed by atoms with Gasteiger partial charge in [0.2, 0.25) is 5.91 Å². The molecule has 3 aromatic rings. The Balaban J connectivity index is 1.47. The number of carbonyl (C=O) groups excluding carboxylic acids is 2. The Kier molecular flexibility index (Phi) is 7.74. The van der Waals surface area contributed by atoms with Gasteiger partial charge in [0.1, 0.15) is 12.4 Å². The highest BCUT2D eigenvalue weighted by Crippen LogP contribution is 2.17. The van der Waals surface area contributed by atoms with E-state index in [0.717, 1.165) is 16.9 Å². The summed E-state index contributed by atoms with van der Waals surface area (Å²) in [6.45, 7) is 2.59. The van der Waals surface area contributed by atoms with E-state index in [0.29, 0.717) is 24.0 Å². The van der Waals surface area contributed by atoms with Crippen LogP contribution in [-0.2, 0) is 27.4 Å². The van der Waals surface area contributed by atoms with Gasteiger partial charge in [-0.15, -0.1) is 11.3 Å². The number of carbonyl (C=O) groups is 2. The first-order chi connectivity index (χ1) is 14.6. The van der Waals surface area contributed by atoms with Gasteiger partial charge in [0, 0.05) is 11.5 Å². The first-order valence-corrected chi connectivity index (χ1v) is 10.4. The van der Waals surface area contributed by atoms with Crippen LogP contribution < -0.4 is 10.1 Å². The number of hydrogen-bond acceptors (Lipinski definition) is 6. The zero-order chi connectivity index (χ0) is 21.2. The topological polar surface area (TPSA) is 77.5 Å². The number of benzene rings is 2. The molecule has 0 aliphatic heterocycles. The molecule has 1 amide bonds. The molecule has 1 N–H and O–H groups in total. The van der Waals surface area contributed by atoms with E-state index in [4.69, 9.17) is 9.47 Å². The Bertz CT molecular complexity index is 998. The van der Waals surface area contributed by atoms with Gasteiger partial charge in [-0.05, 0) is 36.3 Å². The summed E-state index contributed by atoms with van der Waals surface area (Å²) in [4.78, 5) is 27.8. The highest BCUT2D eigenvalue weighted by molar-refractivity contribution is 7.14. The number of nitrogens with one attached hydrogen (secondary N) is 1. The number of amides is 1. The van der Waals surface area contributed by atoms with Crippen molar-refractivity contribution in [1.82, 2.24) is 4.98 Å². The summed E-state index contributed by atoms with van der Waals surface area (Å²) >= 11 is 1.26. The molecular weight excluding hydrogens is 400 g/mol. The molecule has 0 radical (unpaired) electrons. The van der Waals surface area contributed by atoms with Crippen molar-refractivity contribution in [2.45, 2.75) is 20.0 Å². The standard InChI is InChI=1S/C23H22N2O4S/c1-2-28-22(27)14-19-16-30-23(24-19)25-21(26)13-10-17-8-11-20(12-9-17)29-15-18-6-4-3-5-7-18/h3-13,16H,2,14-15H2,1H3,(H,24,25,26)/b13-10+. The minimum atomic E-state index is -0.336. The minimum Gasteiger partial charge on any atom is -0.489 e. The van der Waals surface area contributed by atoms with Crippen molar-refractivity contribution in [3.8, 4) is 5.75 Å². The molecule has 0 aliphatic rings. The molecule has 1 heterocycles. The molecule has 0 bridgehead atoms. The van der Waals surface area contributed by atoms with Crippen molar-refractivity contribution in [3.63, 3.8) is 0 Å². The van der Waals surface area contributed by atoms with Crippen LogP contribution in [0.4, 0.5) is 5.13 Å². The van der Waals surface area contributed by atoms with Crippen LogP contribution in [0.5, 0.6) is 5.75 Å². The fourth-order valence-corrected chi connectivity index (χ4v) is 3.25. The summed E-state index contributed by atoms with van der Waals surface area (Å²) in [5, 5.41) is 4.86. The lowest BCUT2D eigenvalue weighted by Crippen LogP contribution is -2.09. The highest BCUT2D eigenvalue weighted by Gasteiger charge is 2.09. The number of nitrogens with zero attached hydrogens (tertiary/aromatic N) is 1. The molecule has 7 heteroatoms. The van der Waals surface area contributed by atoms with Crippen LogP contribution in [-0.4, -0.2) is 23.5 Å².